The molecule has 0 aliphatic carbocycles. The molecule has 0 atom stereocenters. The minimum atomic E-state index is -0.483. The molecule has 1 N–H and O–H groups in total. The Bertz CT molecular complexity index is 1280. The zero-order valence-electron chi connectivity index (χ0n) is 18.3. The van der Waals surface area contributed by atoms with Crippen LogP contribution in [0, 0.1) is 5.82 Å². The lowest BCUT2D eigenvalue weighted by atomic mass is 10.1. The molecular formula is C26H23ClFN3O3. The molecule has 2 heterocycles. The first-order chi connectivity index (χ1) is 16.7. The Kier molecular flexibility index (Phi) is 6.74. The molecule has 0 radical (unpaired) electrons. The topological polar surface area (TPSA) is 65.5 Å². The lowest BCUT2D eigenvalue weighted by Gasteiger charge is -2.24. The van der Waals surface area contributed by atoms with Crippen LogP contribution in [0.2, 0.25) is 5.02 Å². The van der Waals surface area contributed by atoms with Crippen molar-refractivity contribution in [1.82, 2.24) is 9.97 Å². The van der Waals surface area contributed by atoms with Crippen molar-refractivity contribution >= 4 is 34.0 Å². The lowest BCUT2D eigenvalue weighted by molar-refractivity contribution is 0.0261. The zero-order chi connectivity index (χ0) is 23.3. The van der Waals surface area contributed by atoms with Crippen molar-refractivity contribution in [3.63, 3.8) is 0 Å². The van der Waals surface area contributed by atoms with Crippen molar-refractivity contribution in [3.05, 3.63) is 83.4 Å². The highest BCUT2D eigenvalue weighted by molar-refractivity contribution is 6.31. The molecule has 34 heavy (non-hydrogen) atoms. The smallest absolute Gasteiger partial charge is 0.145 e. The van der Waals surface area contributed by atoms with E-state index < -0.39 is 5.82 Å². The highest BCUT2D eigenvalue weighted by Gasteiger charge is 2.20. The van der Waals surface area contributed by atoms with Gasteiger partial charge in [-0.05, 0) is 23.8 Å². The Morgan fingerprint density at radius 3 is 2.65 bits per heavy atom. The van der Waals surface area contributed by atoms with Crippen LogP contribution in [0.1, 0.15) is 18.4 Å². The molecular weight excluding hydrogens is 457 g/mol. The van der Waals surface area contributed by atoms with Crippen LogP contribution >= 0.6 is 11.6 Å². The summed E-state index contributed by atoms with van der Waals surface area (Å²) in [6.45, 7) is 1.73. The number of hydrogen-bond acceptors (Lipinski definition) is 6. The van der Waals surface area contributed by atoms with Gasteiger partial charge in [-0.1, -0.05) is 41.9 Å². The molecule has 0 bridgehead atoms. The fourth-order valence-electron chi connectivity index (χ4n) is 3.83. The van der Waals surface area contributed by atoms with Crippen molar-refractivity contribution in [2.45, 2.75) is 25.6 Å². The van der Waals surface area contributed by atoms with Gasteiger partial charge in [-0.15, -0.1) is 0 Å². The summed E-state index contributed by atoms with van der Waals surface area (Å²) in [7, 11) is 0. The van der Waals surface area contributed by atoms with Crippen molar-refractivity contribution in [2.75, 3.05) is 18.5 Å². The van der Waals surface area contributed by atoms with Crippen LogP contribution in [-0.2, 0) is 11.3 Å². The maximum Gasteiger partial charge on any atom is 0.145 e. The molecule has 1 aliphatic rings. The summed E-state index contributed by atoms with van der Waals surface area (Å²) in [5.74, 6) is 1.31. The van der Waals surface area contributed by atoms with Crippen LogP contribution in [0.5, 0.6) is 11.5 Å². The van der Waals surface area contributed by atoms with E-state index in [2.05, 4.69) is 15.3 Å². The normalized spacial score (nSPS) is 14.2. The number of benzene rings is 3. The number of ether oxygens (including phenoxy) is 3. The summed E-state index contributed by atoms with van der Waals surface area (Å²) >= 11 is 5.96. The molecule has 1 fully saturated rings. The molecule has 0 spiro atoms. The average molecular weight is 480 g/mol. The molecule has 1 aliphatic heterocycles. The Morgan fingerprint density at radius 2 is 1.85 bits per heavy atom. The fourth-order valence-corrected chi connectivity index (χ4v) is 4.01. The average Bonchev–Trinajstić information content (AvgIpc) is 2.86. The Labute approximate surface area is 201 Å². The van der Waals surface area contributed by atoms with Crippen molar-refractivity contribution in [2.24, 2.45) is 0 Å². The first kappa shape index (κ1) is 22.4. The quantitative estimate of drug-likeness (QED) is 0.335. The molecule has 1 aromatic heterocycles. The van der Waals surface area contributed by atoms with E-state index in [1.165, 1.54) is 18.5 Å². The van der Waals surface area contributed by atoms with E-state index in [0.717, 1.165) is 18.4 Å². The van der Waals surface area contributed by atoms with Crippen LogP contribution in [0.25, 0.3) is 10.9 Å². The first-order valence-electron chi connectivity index (χ1n) is 11.1. The maximum atomic E-state index is 13.6. The van der Waals surface area contributed by atoms with Crippen LogP contribution in [0.15, 0.2) is 67.0 Å². The van der Waals surface area contributed by atoms with E-state index in [9.17, 15) is 4.39 Å². The van der Waals surface area contributed by atoms with Gasteiger partial charge in [-0.2, -0.15) is 0 Å². The Hall–Kier alpha value is -3.42. The molecule has 0 unspecified atom stereocenters. The number of fused-ring (bicyclic) bond motifs is 1. The van der Waals surface area contributed by atoms with Crippen LogP contribution in [-0.4, -0.2) is 29.3 Å². The zero-order valence-corrected chi connectivity index (χ0v) is 19.1. The number of halogens is 2. The number of nitrogens with zero attached hydrogens (tertiary/aromatic N) is 2. The number of hydrogen-bond donors (Lipinski definition) is 1. The van der Waals surface area contributed by atoms with Gasteiger partial charge >= 0.3 is 0 Å². The molecule has 4 aromatic rings. The van der Waals surface area contributed by atoms with Crippen molar-refractivity contribution in [1.29, 1.82) is 0 Å². The van der Waals surface area contributed by atoms with E-state index >= 15 is 0 Å². The van der Waals surface area contributed by atoms with E-state index in [1.54, 1.807) is 6.07 Å². The van der Waals surface area contributed by atoms with Crippen LogP contribution in [0.3, 0.4) is 0 Å². The lowest BCUT2D eigenvalue weighted by Crippen LogP contribution is -2.26. The summed E-state index contributed by atoms with van der Waals surface area (Å²) in [6.07, 6.45) is 3.06. The number of aromatic nitrogens is 2. The first-order valence-corrected chi connectivity index (χ1v) is 11.5. The van der Waals surface area contributed by atoms with Gasteiger partial charge in [0.25, 0.3) is 0 Å². The summed E-state index contributed by atoms with van der Waals surface area (Å²) in [6, 6.07) is 18.1. The van der Waals surface area contributed by atoms with Gasteiger partial charge in [0.2, 0.25) is 0 Å². The Balaban J connectivity index is 1.51. The third kappa shape index (κ3) is 5.21. The van der Waals surface area contributed by atoms with Gasteiger partial charge in [-0.25, -0.2) is 14.4 Å². The molecule has 0 saturated carbocycles. The number of nitrogens with one attached hydrogen (secondary N) is 1. The summed E-state index contributed by atoms with van der Waals surface area (Å²) in [5.41, 5.74) is 2.33. The molecule has 174 valence electrons. The van der Waals surface area contributed by atoms with Gasteiger partial charge in [0.15, 0.2) is 0 Å². The van der Waals surface area contributed by atoms with E-state index in [0.29, 0.717) is 53.7 Å². The minimum Gasteiger partial charge on any atom is -0.489 e. The maximum absolute atomic E-state index is 13.6. The third-order valence-electron chi connectivity index (χ3n) is 5.57. The third-order valence-corrected chi connectivity index (χ3v) is 5.86. The minimum absolute atomic E-state index is 0.00893. The van der Waals surface area contributed by atoms with Gasteiger partial charge in [0.1, 0.15) is 42.2 Å². The van der Waals surface area contributed by atoms with Gasteiger partial charge in [0, 0.05) is 30.7 Å². The molecule has 5 rings (SSSR count). The van der Waals surface area contributed by atoms with Crippen LogP contribution in [0.4, 0.5) is 15.9 Å². The van der Waals surface area contributed by atoms with Crippen LogP contribution < -0.4 is 14.8 Å². The van der Waals surface area contributed by atoms with E-state index in [-0.39, 0.29) is 11.1 Å². The van der Waals surface area contributed by atoms with E-state index in [4.69, 9.17) is 25.8 Å². The summed E-state index contributed by atoms with van der Waals surface area (Å²) < 4.78 is 31.6. The standard InChI is InChI=1S/C26H23ClFN3O3/c27-21-12-18(6-7-22(21)28)31-26-25-23(29-16-30-26)13-20(33-15-17-4-2-1-3-5-17)14-24(25)34-19-8-10-32-11-9-19/h1-7,12-14,16,19H,8-11,15H2,(H,29,30,31). The fraction of sp³-hybridized carbons (Fsp3) is 0.231. The second-order valence-corrected chi connectivity index (χ2v) is 8.40. The predicted molar refractivity (Wildman–Crippen MR) is 129 cm³/mol. The van der Waals surface area contributed by atoms with Crippen molar-refractivity contribution < 1.29 is 18.6 Å². The van der Waals surface area contributed by atoms with Crippen molar-refractivity contribution in [3.8, 4) is 11.5 Å². The monoisotopic (exact) mass is 479 g/mol. The summed E-state index contributed by atoms with van der Waals surface area (Å²) in [5, 5.41) is 3.96. The molecule has 0 amide bonds. The van der Waals surface area contributed by atoms with Gasteiger partial charge in [-0.3, -0.25) is 0 Å². The van der Waals surface area contributed by atoms with E-state index in [1.807, 2.05) is 42.5 Å². The summed E-state index contributed by atoms with van der Waals surface area (Å²) in [4.78, 5) is 8.89. The number of anilines is 2. The van der Waals surface area contributed by atoms with Gasteiger partial charge in [0.05, 0.1) is 29.1 Å². The highest BCUT2D eigenvalue weighted by Crippen LogP contribution is 2.37. The molecule has 8 heteroatoms. The number of rotatable bonds is 7. The Morgan fingerprint density at radius 1 is 1.03 bits per heavy atom. The molecule has 3 aromatic carbocycles. The molecule has 1 saturated heterocycles. The largest absolute Gasteiger partial charge is 0.489 e. The SMILES string of the molecule is Fc1ccc(Nc2ncnc3cc(OCc4ccccc4)cc(OC4CCOCC4)c23)cc1Cl. The highest BCUT2D eigenvalue weighted by atomic mass is 35.5. The molecule has 6 nitrogen and oxygen atoms in total. The van der Waals surface area contributed by atoms with Gasteiger partial charge < -0.3 is 19.5 Å². The predicted octanol–water partition coefficient (Wildman–Crippen LogP) is 6.30. The second-order valence-electron chi connectivity index (χ2n) is 8.00. The second kappa shape index (κ2) is 10.2.